The first-order valence-corrected chi connectivity index (χ1v) is 13.5. The maximum absolute atomic E-state index is 13.7. The highest BCUT2D eigenvalue weighted by Crippen LogP contribution is 2.51. The summed E-state index contributed by atoms with van der Waals surface area (Å²) in [7, 11) is 0. The van der Waals surface area contributed by atoms with Crippen molar-refractivity contribution in [3.05, 3.63) is 68.7 Å². The normalized spacial score (nSPS) is 26.2. The van der Waals surface area contributed by atoms with Crippen molar-refractivity contribution < 1.29 is 23.8 Å². The third kappa shape index (κ3) is 4.55. The van der Waals surface area contributed by atoms with Crippen LogP contribution in [-0.4, -0.2) is 34.5 Å². The van der Waals surface area contributed by atoms with Crippen LogP contribution in [-0.2, 0) is 20.9 Å². The van der Waals surface area contributed by atoms with E-state index in [0.717, 1.165) is 23.3 Å². The lowest BCUT2D eigenvalue weighted by molar-refractivity contribution is -0.140. The van der Waals surface area contributed by atoms with E-state index in [1.54, 1.807) is 17.4 Å². The number of imide groups is 1. The lowest BCUT2D eigenvalue weighted by Gasteiger charge is -2.33. The quantitative estimate of drug-likeness (QED) is 0.370. The zero-order valence-electron chi connectivity index (χ0n) is 20.9. The third-order valence-corrected chi connectivity index (χ3v) is 8.67. The fourth-order valence-electron chi connectivity index (χ4n) is 6.07. The molecule has 0 bridgehead atoms. The average Bonchev–Trinajstić information content (AvgIpc) is 3.56. The van der Waals surface area contributed by atoms with Gasteiger partial charge in [0.05, 0.1) is 31.1 Å². The van der Waals surface area contributed by atoms with Crippen molar-refractivity contribution in [2.45, 2.75) is 52.7 Å². The molecule has 2 aliphatic heterocycles. The van der Waals surface area contributed by atoms with Gasteiger partial charge in [-0.05, 0) is 66.8 Å². The van der Waals surface area contributed by atoms with Crippen LogP contribution in [0.15, 0.2) is 52.4 Å². The lowest BCUT2D eigenvalue weighted by Crippen LogP contribution is -2.35. The monoisotopic (exact) mass is 509 g/mol. The van der Waals surface area contributed by atoms with E-state index in [9.17, 15) is 19.1 Å². The Morgan fingerprint density at radius 1 is 1.25 bits per heavy atom. The number of amides is 2. The Labute approximate surface area is 215 Å². The van der Waals surface area contributed by atoms with E-state index >= 15 is 0 Å². The number of hydrogen-bond donors (Lipinski definition) is 1. The summed E-state index contributed by atoms with van der Waals surface area (Å²) in [5.74, 6) is -1.49. The summed E-state index contributed by atoms with van der Waals surface area (Å²) in [4.78, 5) is 29.3. The minimum atomic E-state index is -0.633. The summed E-state index contributed by atoms with van der Waals surface area (Å²) in [5.41, 5.74) is 4.29. The van der Waals surface area contributed by atoms with Gasteiger partial charge in [0.1, 0.15) is 0 Å². The number of ether oxygens (including phenoxy) is 1. The van der Waals surface area contributed by atoms with Gasteiger partial charge in [-0.2, -0.15) is 0 Å². The van der Waals surface area contributed by atoms with E-state index in [1.807, 2.05) is 30.5 Å². The molecule has 1 aromatic heterocycles. The number of halogens is 1. The Morgan fingerprint density at radius 3 is 2.75 bits per heavy atom. The first-order chi connectivity index (χ1) is 17.2. The van der Waals surface area contributed by atoms with Crippen LogP contribution in [0.25, 0.3) is 6.08 Å². The molecule has 4 atom stereocenters. The molecule has 1 aliphatic carbocycles. The third-order valence-electron chi connectivity index (χ3n) is 7.81. The van der Waals surface area contributed by atoms with Crippen LogP contribution in [0.3, 0.4) is 0 Å². The smallest absolute Gasteiger partial charge is 0.234 e. The van der Waals surface area contributed by atoms with Crippen LogP contribution in [0.2, 0.25) is 0 Å². The second-order valence-electron chi connectivity index (χ2n) is 10.5. The molecule has 1 N–H and O–H groups in total. The summed E-state index contributed by atoms with van der Waals surface area (Å²) in [6, 6.07) is 8.28. The van der Waals surface area contributed by atoms with E-state index in [0.29, 0.717) is 25.1 Å². The summed E-state index contributed by atoms with van der Waals surface area (Å²) in [6.07, 6.45) is 4.00. The van der Waals surface area contributed by atoms with Gasteiger partial charge >= 0.3 is 0 Å². The highest BCUT2D eigenvalue weighted by Gasteiger charge is 2.57. The molecule has 7 heteroatoms. The van der Waals surface area contributed by atoms with Crippen LogP contribution < -0.4 is 0 Å². The molecular formula is C29H32FNO4S. The predicted octanol–water partition coefficient (Wildman–Crippen LogP) is 5.95. The van der Waals surface area contributed by atoms with Gasteiger partial charge in [-0.1, -0.05) is 43.2 Å². The molecule has 1 aromatic carbocycles. The second-order valence-corrected chi connectivity index (χ2v) is 11.5. The number of phenols is 1. The highest BCUT2D eigenvalue weighted by molar-refractivity contribution is 7.09. The highest BCUT2D eigenvalue weighted by atomic mass is 32.1. The van der Waals surface area contributed by atoms with Gasteiger partial charge in [-0.3, -0.25) is 14.5 Å². The number of rotatable bonds is 7. The summed E-state index contributed by atoms with van der Waals surface area (Å²) >= 11 is 1.56. The Balaban J connectivity index is 1.34. The molecule has 3 aliphatic rings. The fraction of sp³-hybridized carbons (Fsp3) is 0.448. The molecule has 0 radical (unpaired) electrons. The fourth-order valence-corrected chi connectivity index (χ4v) is 6.76. The molecule has 3 heterocycles. The molecule has 0 unspecified atom stereocenters. The molecule has 0 spiro atoms. The van der Waals surface area contributed by atoms with Crippen molar-refractivity contribution in [3.63, 3.8) is 0 Å². The minimum absolute atomic E-state index is 0.0426. The number of benzene rings is 1. The largest absolute Gasteiger partial charge is 0.505 e. The minimum Gasteiger partial charge on any atom is -0.505 e. The zero-order chi connectivity index (χ0) is 25.6. The molecule has 2 saturated heterocycles. The van der Waals surface area contributed by atoms with Gasteiger partial charge in [0.2, 0.25) is 11.8 Å². The number of nitrogens with zero attached hydrogens (tertiary/aromatic N) is 1. The summed E-state index contributed by atoms with van der Waals surface area (Å²) in [5, 5.41) is 11.4. The Bertz CT molecular complexity index is 1230. The summed E-state index contributed by atoms with van der Waals surface area (Å²) < 4.78 is 20.0. The van der Waals surface area contributed by atoms with Crippen molar-refractivity contribution in [3.8, 4) is 5.75 Å². The van der Waals surface area contributed by atoms with Gasteiger partial charge < -0.3 is 9.84 Å². The van der Waals surface area contributed by atoms with Crippen molar-refractivity contribution in [2.75, 3.05) is 6.61 Å². The van der Waals surface area contributed by atoms with Crippen LogP contribution in [0.4, 0.5) is 4.39 Å². The molecule has 2 aromatic rings. The van der Waals surface area contributed by atoms with E-state index in [4.69, 9.17) is 4.74 Å². The van der Waals surface area contributed by atoms with Crippen LogP contribution in [0.1, 0.15) is 50.5 Å². The number of fused-ring (bicyclic) bond motifs is 3. The van der Waals surface area contributed by atoms with E-state index < -0.39 is 5.82 Å². The molecule has 0 saturated carbocycles. The summed E-state index contributed by atoms with van der Waals surface area (Å²) in [6.45, 7) is 7.14. The Morgan fingerprint density at radius 2 is 2.06 bits per heavy atom. The number of aromatic hydroxyl groups is 1. The van der Waals surface area contributed by atoms with E-state index in [1.165, 1.54) is 28.2 Å². The number of likely N-dealkylation sites (tertiary alicyclic amines) is 1. The molecule has 5 nitrogen and oxygen atoms in total. The predicted molar refractivity (Wildman–Crippen MR) is 138 cm³/mol. The van der Waals surface area contributed by atoms with Gasteiger partial charge in [-0.25, -0.2) is 4.39 Å². The number of carbonyl (C=O) groups excluding carboxylic acids is 2. The molecule has 2 fully saturated rings. The number of allylic oxidation sites excluding steroid dienone is 2. The molecule has 36 heavy (non-hydrogen) atoms. The topological polar surface area (TPSA) is 66.8 Å². The van der Waals surface area contributed by atoms with Crippen LogP contribution in [0.5, 0.6) is 5.75 Å². The van der Waals surface area contributed by atoms with Gasteiger partial charge in [0.15, 0.2) is 11.6 Å². The van der Waals surface area contributed by atoms with Crippen molar-refractivity contribution in [2.24, 2.45) is 23.7 Å². The first kappa shape index (κ1) is 24.9. The van der Waals surface area contributed by atoms with Gasteiger partial charge in [0, 0.05) is 10.8 Å². The number of hydrogen-bond acceptors (Lipinski definition) is 5. The SMILES string of the molecule is C/C(=C\c1ccc(O)c(F)c1)CC[C@H]1OC[C@H]2C1=C(C(C)C)C[C@H]1C(=O)N(Cc3cccs3)C(=O)[C@H]12. The number of thiophene rings is 1. The average molecular weight is 510 g/mol. The van der Waals surface area contributed by atoms with Crippen molar-refractivity contribution in [1.82, 2.24) is 4.90 Å². The van der Waals surface area contributed by atoms with Crippen LogP contribution in [0, 0.1) is 29.5 Å². The molecular weight excluding hydrogens is 477 g/mol. The molecule has 190 valence electrons. The maximum atomic E-state index is 13.7. The zero-order valence-corrected chi connectivity index (χ0v) is 21.7. The molecule has 5 rings (SSSR count). The van der Waals surface area contributed by atoms with Gasteiger partial charge in [-0.15, -0.1) is 11.3 Å². The van der Waals surface area contributed by atoms with E-state index in [2.05, 4.69) is 13.8 Å². The van der Waals surface area contributed by atoms with Gasteiger partial charge in [0.25, 0.3) is 0 Å². The second kappa shape index (κ2) is 9.94. The van der Waals surface area contributed by atoms with Crippen molar-refractivity contribution in [1.29, 1.82) is 0 Å². The first-order valence-electron chi connectivity index (χ1n) is 12.6. The molecule has 2 amide bonds. The lowest BCUT2D eigenvalue weighted by atomic mass is 9.67. The van der Waals surface area contributed by atoms with E-state index in [-0.39, 0.29) is 47.3 Å². The van der Waals surface area contributed by atoms with Crippen molar-refractivity contribution >= 4 is 29.2 Å². The number of phenolic OH excluding ortho intramolecular Hbond substituents is 1. The Kier molecular flexibility index (Phi) is 6.88. The van der Waals surface area contributed by atoms with Crippen LogP contribution >= 0.6 is 11.3 Å². The standard InChI is InChI=1S/C29H32FNO4S/c1-16(2)20-13-21-27(29(34)31(28(21)33)14-19-5-4-10-36-19)22-15-35-25(26(20)22)9-6-17(3)11-18-7-8-24(32)23(30)12-18/h4-5,7-8,10-12,16,21-22,25,27,32H,6,9,13-15H2,1-3H3/b17-11+/t21-,22+,25-,27-/m1/s1. The maximum Gasteiger partial charge on any atom is 0.234 e. The Hall–Kier alpha value is -2.77. The number of carbonyl (C=O) groups is 2.